The standard InChI is InChI=1S/C35H38O4/c36-34(22-7-3-1-4-8-22)38-20-30-24-11-13-26(17-24)32(30)28-15-16-29(19-28)33-27-14-12-25(18-27)31(33)21-39-35(37)23-9-5-2-6-10-23/h1-14,24-33H,15-21H2/t24-,25+,26+,27-,28?,29?,30?,31?,32+,33-. The molecule has 3 saturated carbocycles. The van der Waals surface area contributed by atoms with Gasteiger partial charge in [0.1, 0.15) is 0 Å². The molecule has 0 radical (unpaired) electrons. The summed E-state index contributed by atoms with van der Waals surface area (Å²) >= 11 is 0. The first-order valence-electron chi connectivity index (χ1n) is 15.0. The Labute approximate surface area is 231 Å². The fourth-order valence-corrected chi connectivity index (χ4v) is 9.20. The Hall–Kier alpha value is -3.14. The summed E-state index contributed by atoms with van der Waals surface area (Å²) in [5.41, 5.74) is 1.27. The Morgan fingerprint density at radius 1 is 0.564 bits per heavy atom. The van der Waals surface area contributed by atoms with Gasteiger partial charge >= 0.3 is 11.9 Å². The molecule has 4 nitrogen and oxygen atoms in total. The van der Waals surface area contributed by atoms with E-state index in [2.05, 4.69) is 24.3 Å². The monoisotopic (exact) mass is 522 g/mol. The molecule has 0 amide bonds. The lowest BCUT2D eigenvalue weighted by atomic mass is 9.71. The molecule has 5 aliphatic rings. The Morgan fingerprint density at radius 3 is 1.41 bits per heavy atom. The maximum absolute atomic E-state index is 12.7. The summed E-state index contributed by atoms with van der Waals surface area (Å²) in [6, 6.07) is 18.7. The van der Waals surface area contributed by atoms with Crippen LogP contribution in [0.4, 0.5) is 0 Å². The van der Waals surface area contributed by atoms with Crippen LogP contribution in [0.15, 0.2) is 85.0 Å². The molecule has 4 bridgehead atoms. The highest BCUT2D eigenvalue weighted by Crippen LogP contribution is 2.59. The molecule has 202 valence electrons. The van der Waals surface area contributed by atoms with Gasteiger partial charge in [-0.1, -0.05) is 60.7 Å². The van der Waals surface area contributed by atoms with Crippen LogP contribution in [0, 0.1) is 59.2 Å². The number of ether oxygens (including phenoxy) is 2. The Kier molecular flexibility index (Phi) is 6.66. The van der Waals surface area contributed by atoms with Gasteiger partial charge in [0.25, 0.3) is 0 Å². The third kappa shape index (κ3) is 4.66. The van der Waals surface area contributed by atoms with Crippen molar-refractivity contribution in [3.63, 3.8) is 0 Å². The lowest BCUT2D eigenvalue weighted by Crippen LogP contribution is -2.32. The molecule has 4 heteroatoms. The molecule has 0 spiro atoms. The Balaban J connectivity index is 1.00. The van der Waals surface area contributed by atoms with Crippen LogP contribution in [0.3, 0.4) is 0 Å². The van der Waals surface area contributed by atoms with E-state index in [1.165, 1.54) is 32.1 Å². The number of rotatable bonds is 8. The summed E-state index contributed by atoms with van der Waals surface area (Å²) < 4.78 is 11.8. The van der Waals surface area contributed by atoms with Crippen LogP contribution in [-0.4, -0.2) is 25.2 Å². The van der Waals surface area contributed by atoms with Gasteiger partial charge < -0.3 is 9.47 Å². The van der Waals surface area contributed by atoms with E-state index in [0.717, 1.165) is 0 Å². The van der Waals surface area contributed by atoms with Crippen LogP contribution in [-0.2, 0) is 9.47 Å². The highest BCUT2D eigenvalue weighted by molar-refractivity contribution is 5.89. The first kappa shape index (κ1) is 24.9. The topological polar surface area (TPSA) is 52.6 Å². The van der Waals surface area contributed by atoms with Gasteiger partial charge in [-0.15, -0.1) is 0 Å². The molecule has 39 heavy (non-hydrogen) atoms. The first-order valence-corrected chi connectivity index (χ1v) is 15.0. The zero-order valence-electron chi connectivity index (χ0n) is 22.4. The molecule has 0 N–H and O–H groups in total. The van der Waals surface area contributed by atoms with Crippen LogP contribution in [0.1, 0.15) is 52.8 Å². The van der Waals surface area contributed by atoms with Gasteiger partial charge in [0.15, 0.2) is 0 Å². The quantitative estimate of drug-likeness (QED) is 0.277. The van der Waals surface area contributed by atoms with E-state index in [-0.39, 0.29) is 11.9 Å². The van der Waals surface area contributed by atoms with E-state index < -0.39 is 0 Å². The third-order valence-electron chi connectivity index (χ3n) is 10.8. The van der Waals surface area contributed by atoms with Crippen LogP contribution < -0.4 is 0 Å². The van der Waals surface area contributed by atoms with Crippen molar-refractivity contribution >= 4 is 11.9 Å². The zero-order chi connectivity index (χ0) is 26.3. The van der Waals surface area contributed by atoms with E-state index >= 15 is 0 Å². The largest absolute Gasteiger partial charge is 0.462 e. The van der Waals surface area contributed by atoms with E-state index in [9.17, 15) is 9.59 Å². The summed E-state index contributed by atoms with van der Waals surface area (Å²) in [5.74, 6) is 5.38. The lowest BCUT2D eigenvalue weighted by Gasteiger charge is -2.35. The highest BCUT2D eigenvalue weighted by Gasteiger charge is 2.53. The molecular formula is C35H38O4. The Bertz CT molecular complexity index is 1150. The van der Waals surface area contributed by atoms with Gasteiger partial charge in [0, 0.05) is 11.8 Å². The molecule has 2 aromatic carbocycles. The van der Waals surface area contributed by atoms with Crippen LogP contribution in [0.5, 0.6) is 0 Å². The molecule has 0 aliphatic heterocycles. The SMILES string of the molecule is O=C(OCC1[C@H](C2CCC([C@@H]3C(COC(=O)c4ccccc4)[C@H]4C=C[C@@H]3C4)C2)[C@H]2C=C[C@@H]1C2)c1ccccc1. The normalized spacial score (nSPS) is 37.4. The van der Waals surface area contributed by atoms with Gasteiger partial charge in [0.05, 0.1) is 24.3 Å². The van der Waals surface area contributed by atoms with Gasteiger partial charge in [-0.25, -0.2) is 9.59 Å². The predicted molar refractivity (Wildman–Crippen MR) is 150 cm³/mol. The predicted octanol–water partition coefficient (Wildman–Crippen LogP) is 6.99. The third-order valence-corrected chi connectivity index (χ3v) is 10.8. The average Bonchev–Trinajstić information content (AvgIpc) is 3.82. The zero-order valence-corrected chi connectivity index (χ0v) is 22.4. The van der Waals surface area contributed by atoms with Gasteiger partial charge in [-0.05, 0) is 104 Å². The number of esters is 2. The van der Waals surface area contributed by atoms with E-state index in [0.29, 0.717) is 83.5 Å². The van der Waals surface area contributed by atoms with Crippen molar-refractivity contribution in [2.75, 3.05) is 13.2 Å². The van der Waals surface area contributed by atoms with E-state index in [1.807, 2.05) is 60.7 Å². The number of carbonyl (C=O) groups excluding carboxylic acids is 2. The van der Waals surface area contributed by atoms with E-state index in [4.69, 9.17) is 9.47 Å². The van der Waals surface area contributed by atoms with Gasteiger partial charge in [-0.2, -0.15) is 0 Å². The molecule has 10 atom stereocenters. The van der Waals surface area contributed by atoms with Crippen molar-refractivity contribution in [3.05, 3.63) is 96.1 Å². The van der Waals surface area contributed by atoms with Crippen molar-refractivity contribution < 1.29 is 19.1 Å². The van der Waals surface area contributed by atoms with Crippen molar-refractivity contribution in [2.24, 2.45) is 59.2 Å². The average molecular weight is 523 g/mol. The molecular weight excluding hydrogens is 484 g/mol. The number of hydrogen-bond acceptors (Lipinski definition) is 4. The molecule has 0 aromatic heterocycles. The second-order valence-electron chi connectivity index (χ2n) is 12.6. The Morgan fingerprint density at radius 2 is 0.974 bits per heavy atom. The van der Waals surface area contributed by atoms with Crippen LogP contribution in [0.2, 0.25) is 0 Å². The summed E-state index contributed by atoms with van der Waals surface area (Å²) in [4.78, 5) is 25.4. The molecule has 0 saturated heterocycles. The molecule has 0 heterocycles. The summed E-state index contributed by atoms with van der Waals surface area (Å²) in [6.45, 7) is 1.06. The first-order chi connectivity index (χ1) is 19.2. The summed E-state index contributed by atoms with van der Waals surface area (Å²) in [5, 5.41) is 0. The smallest absolute Gasteiger partial charge is 0.338 e. The van der Waals surface area contributed by atoms with Crippen molar-refractivity contribution in [1.82, 2.24) is 0 Å². The molecule has 7 rings (SSSR count). The van der Waals surface area contributed by atoms with Crippen molar-refractivity contribution in [2.45, 2.75) is 32.1 Å². The minimum Gasteiger partial charge on any atom is -0.462 e. The lowest BCUT2D eigenvalue weighted by molar-refractivity contribution is 0.0309. The van der Waals surface area contributed by atoms with Gasteiger partial charge in [-0.3, -0.25) is 0 Å². The number of allylic oxidation sites excluding steroid dienone is 4. The second kappa shape index (κ2) is 10.4. The van der Waals surface area contributed by atoms with Crippen molar-refractivity contribution in [3.8, 4) is 0 Å². The molecule has 3 fully saturated rings. The van der Waals surface area contributed by atoms with Crippen LogP contribution >= 0.6 is 0 Å². The summed E-state index contributed by atoms with van der Waals surface area (Å²) in [6.07, 6.45) is 15.9. The fraction of sp³-hybridized carbons (Fsp3) is 0.486. The number of benzene rings is 2. The van der Waals surface area contributed by atoms with E-state index in [1.54, 1.807) is 0 Å². The minimum absolute atomic E-state index is 0.202. The second-order valence-corrected chi connectivity index (χ2v) is 12.6. The minimum atomic E-state index is -0.202. The number of carbonyl (C=O) groups is 2. The van der Waals surface area contributed by atoms with Crippen LogP contribution in [0.25, 0.3) is 0 Å². The fourth-order valence-electron chi connectivity index (χ4n) is 9.20. The molecule has 5 aliphatic carbocycles. The molecule has 2 aromatic rings. The summed E-state index contributed by atoms with van der Waals surface area (Å²) in [7, 11) is 0. The maximum Gasteiger partial charge on any atom is 0.338 e. The molecule has 4 unspecified atom stereocenters. The van der Waals surface area contributed by atoms with Gasteiger partial charge in [0.2, 0.25) is 0 Å². The number of hydrogen-bond donors (Lipinski definition) is 0. The highest BCUT2D eigenvalue weighted by atomic mass is 16.5. The number of fused-ring (bicyclic) bond motifs is 4. The maximum atomic E-state index is 12.7. The van der Waals surface area contributed by atoms with Crippen molar-refractivity contribution in [1.29, 1.82) is 0 Å².